The minimum absolute atomic E-state index is 0.104. The smallest absolute Gasteiger partial charge is 0.370 e. The highest BCUT2D eigenvalue weighted by Crippen LogP contribution is 2.44. The van der Waals surface area contributed by atoms with Crippen molar-refractivity contribution in [1.29, 1.82) is 0 Å². The third-order valence-corrected chi connectivity index (χ3v) is 4.33. The van der Waals surface area contributed by atoms with Gasteiger partial charge in [0.15, 0.2) is 0 Å². The van der Waals surface area contributed by atoms with Gasteiger partial charge >= 0.3 is 6.18 Å². The number of rotatable bonds is 1. The van der Waals surface area contributed by atoms with E-state index >= 15 is 0 Å². The highest BCUT2D eigenvalue weighted by molar-refractivity contribution is 5.83. The monoisotopic (exact) mass is 334 g/mol. The van der Waals surface area contributed by atoms with Crippen molar-refractivity contribution in [3.63, 3.8) is 0 Å². The van der Waals surface area contributed by atoms with Gasteiger partial charge in [0.25, 0.3) is 0 Å². The minimum atomic E-state index is -4.46. The molecule has 0 N–H and O–H groups in total. The Kier molecular flexibility index (Phi) is 3.71. The predicted molar refractivity (Wildman–Crippen MR) is 87.9 cm³/mol. The summed E-state index contributed by atoms with van der Waals surface area (Å²) < 4.78 is 42.2. The lowest BCUT2D eigenvalue weighted by molar-refractivity contribution is -0.137. The molecule has 0 bridgehead atoms. The van der Waals surface area contributed by atoms with Crippen molar-refractivity contribution >= 4 is 11.4 Å². The maximum Gasteiger partial charge on any atom is 0.417 e. The number of likely N-dealkylation sites (N-methyl/N-ethyl adjacent to an activating group) is 2. The second-order valence-electron chi connectivity index (χ2n) is 5.96. The maximum absolute atomic E-state index is 13.6. The molecule has 2 aromatic rings. The summed E-state index contributed by atoms with van der Waals surface area (Å²) >= 11 is 0. The highest BCUT2D eigenvalue weighted by Gasteiger charge is 2.37. The van der Waals surface area contributed by atoms with Crippen molar-refractivity contribution in [3.8, 4) is 23.5 Å². The minimum Gasteiger partial charge on any atom is -0.370 e. The summed E-state index contributed by atoms with van der Waals surface area (Å²) in [4.78, 5) is 3.61. The number of aromatic nitrogens is 2. The van der Waals surface area contributed by atoms with E-state index in [1.807, 2.05) is 4.90 Å². The first kappa shape index (κ1) is 16.2. The van der Waals surface area contributed by atoms with Gasteiger partial charge in [-0.25, -0.2) is 0 Å². The Morgan fingerprint density at radius 1 is 1.21 bits per heavy atom. The van der Waals surface area contributed by atoms with Crippen molar-refractivity contribution < 1.29 is 13.2 Å². The van der Waals surface area contributed by atoms with Crippen LogP contribution < -0.4 is 9.80 Å². The predicted octanol–water partition coefficient (Wildman–Crippen LogP) is 2.99. The van der Waals surface area contributed by atoms with E-state index in [2.05, 4.69) is 11.0 Å². The highest BCUT2D eigenvalue weighted by atomic mass is 19.4. The molecular weight excluding hydrogens is 317 g/mol. The van der Waals surface area contributed by atoms with Crippen molar-refractivity contribution in [3.05, 3.63) is 30.1 Å². The summed E-state index contributed by atoms with van der Waals surface area (Å²) in [6.07, 6.45) is 4.10. The summed E-state index contributed by atoms with van der Waals surface area (Å²) in [6, 6.07) is 2.55. The maximum atomic E-state index is 13.6. The molecule has 1 aliphatic rings. The van der Waals surface area contributed by atoms with Crippen LogP contribution in [0.3, 0.4) is 0 Å². The molecule has 0 saturated carbocycles. The van der Waals surface area contributed by atoms with Gasteiger partial charge in [0, 0.05) is 39.4 Å². The first-order valence-corrected chi connectivity index (χ1v) is 7.36. The van der Waals surface area contributed by atoms with Crippen molar-refractivity contribution in [2.75, 3.05) is 30.4 Å². The van der Waals surface area contributed by atoms with Crippen LogP contribution in [0, 0.1) is 12.3 Å². The number of halogens is 3. The number of fused-ring (bicyclic) bond motifs is 1. The number of benzene rings is 1. The van der Waals surface area contributed by atoms with Crippen LogP contribution in [-0.2, 0) is 13.2 Å². The Bertz CT molecular complexity index is 816. The van der Waals surface area contributed by atoms with E-state index in [0.717, 1.165) is 0 Å². The Labute approximate surface area is 138 Å². The van der Waals surface area contributed by atoms with Crippen molar-refractivity contribution in [2.45, 2.75) is 12.2 Å². The van der Waals surface area contributed by atoms with Crippen LogP contribution >= 0.6 is 0 Å². The largest absolute Gasteiger partial charge is 0.417 e. The molecule has 1 aromatic heterocycles. The Morgan fingerprint density at radius 2 is 1.92 bits per heavy atom. The van der Waals surface area contributed by atoms with Gasteiger partial charge in [-0.2, -0.15) is 18.3 Å². The summed E-state index contributed by atoms with van der Waals surface area (Å²) in [6.45, 7) is 0.476. The van der Waals surface area contributed by atoms with E-state index in [1.54, 1.807) is 38.3 Å². The molecule has 0 saturated heterocycles. The molecule has 2 heterocycles. The van der Waals surface area contributed by atoms with Crippen molar-refractivity contribution in [1.82, 2.24) is 9.78 Å². The van der Waals surface area contributed by atoms with Crippen LogP contribution in [-0.4, -0.2) is 36.5 Å². The normalized spacial score (nSPS) is 17.6. The molecule has 3 rings (SSSR count). The lowest BCUT2D eigenvalue weighted by atomic mass is 9.97. The summed E-state index contributed by atoms with van der Waals surface area (Å²) in [5.74, 6) is 2.68. The van der Waals surface area contributed by atoms with Gasteiger partial charge in [0.05, 0.1) is 23.1 Å². The molecular formula is C17H17F3N4. The molecule has 0 aliphatic carbocycles. The van der Waals surface area contributed by atoms with E-state index < -0.39 is 11.7 Å². The number of terminal acetylenes is 1. The SMILES string of the molecule is C#C[C@@H]1CN(C)c2cc(C(F)(F)F)c(-c3cnn(C)c3)cc2N1C. The topological polar surface area (TPSA) is 24.3 Å². The third kappa shape index (κ3) is 2.58. The number of nitrogens with zero attached hydrogens (tertiary/aromatic N) is 4. The fourth-order valence-corrected chi connectivity index (χ4v) is 3.01. The van der Waals surface area contributed by atoms with Gasteiger partial charge in [-0.15, -0.1) is 6.42 Å². The summed E-state index contributed by atoms with van der Waals surface area (Å²) in [5.41, 5.74) is 1.05. The fourth-order valence-electron chi connectivity index (χ4n) is 3.01. The van der Waals surface area contributed by atoms with E-state index in [1.165, 1.54) is 16.9 Å². The van der Waals surface area contributed by atoms with Crippen LogP contribution in [0.1, 0.15) is 5.56 Å². The molecule has 0 unspecified atom stereocenters. The third-order valence-electron chi connectivity index (χ3n) is 4.33. The number of hydrogen-bond donors (Lipinski definition) is 0. The van der Waals surface area contributed by atoms with E-state index in [4.69, 9.17) is 6.42 Å². The Hall–Kier alpha value is -2.62. The quantitative estimate of drug-likeness (QED) is 0.750. The van der Waals surface area contributed by atoms with Gasteiger partial charge < -0.3 is 9.80 Å². The zero-order chi connectivity index (χ0) is 17.6. The molecule has 24 heavy (non-hydrogen) atoms. The number of hydrogen-bond acceptors (Lipinski definition) is 3. The zero-order valence-corrected chi connectivity index (χ0v) is 13.6. The summed E-state index contributed by atoms with van der Waals surface area (Å²) in [7, 11) is 5.22. The molecule has 0 radical (unpaired) electrons. The van der Waals surface area contributed by atoms with E-state index in [-0.39, 0.29) is 11.6 Å². The van der Waals surface area contributed by atoms with Crippen LogP contribution in [0.2, 0.25) is 0 Å². The van der Waals surface area contributed by atoms with E-state index in [9.17, 15) is 13.2 Å². The Morgan fingerprint density at radius 3 is 2.46 bits per heavy atom. The first-order valence-electron chi connectivity index (χ1n) is 7.36. The van der Waals surface area contributed by atoms with E-state index in [0.29, 0.717) is 23.5 Å². The molecule has 1 aliphatic heterocycles. The second kappa shape index (κ2) is 5.48. The zero-order valence-electron chi connectivity index (χ0n) is 13.6. The molecule has 1 aromatic carbocycles. The van der Waals surface area contributed by atoms with Crippen LogP contribution in [0.25, 0.3) is 11.1 Å². The van der Waals surface area contributed by atoms with Crippen LogP contribution in [0.15, 0.2) is 24.5 Å². The molecule has 7 heteroatoms. The number of anilines is 2. The lowest BCUT2D eigenvalue weighted by Gasteiger charge is -2.39. The second-order valence-corrected chi connectivity index (χ2v) is 5.96. The average molecular weight is 334 g/mol. The van der Waals surface area contributed by atoms with Crippen LogP contribution in [0.5, 0.6) is 0 Å². The molecule has 0 fully saturated rings. The molecule has 126 valence electrons. The molecule has 4 nitrogen and oxygen atoms in total. The number of alkyl halides is 3. The average Bonchev–Trinajstić information content (AvgIpc) is 2.95. The first-order chi connectivity index (χ1) is 11.2. The number of aryl methyl sites for hydroxylation is 1. The van der Waals surface area contributed by atoms with Gasteiger partial charge in [-0.3, -0.25) is 4.68 Å². The molecule has 0 amide bonds. The Balaban J connectivity index is 2.26. The standard InChI is InChI=1S/C17H17F3N4/c1-5-12-10-22(2)15-7-14(17(18,19)20)13(6-16(15)24(12)4)11-8-21-23(3)9-11/h1,6-9,12H,10H2,2-4H3/t12-/m1/s1. The fraction of sp³-hybridized carbons (Fsp3) is 0.353. The molecule has 0 spiro atoms. The van der Waals surface area contributed by atoms with Crippen molar-refractivity contribution in [2.24, 2.45) is 7.05 Å². The van der Waals surface area contributed by atoms with Gasteiger partial charge in [0.1, 0.15) is 6.04 Å². The summed E-state index contributed by atoms with van der Waals surface area (Å²) in [5, 5.41) is 3.99. The van der Waals surface area contributed by atoms with Gasteiger partial charge in [0.2, 0.25) is 0 Å². The molecule has 1 atom stereocenters. The van der Waals surface area contributed by atoms with Gasteiger partial charge in [-0.05, 0) is 17.7 Å². The van der Waals surface area contributed by atoms with Crippen LogP contribution in [0.4, 0.5) is 24.5 Å². The lowest BCUT2D eigenvalue weighted by Crippen LogP contribution is -2.45. The van der Waals surface area contributed by atoms with Gasteiger partial charge in [-0.1, -0.05) is 5.92 Å².